The second-order valence-electron chi connectivity index (χ2n) is 5.93. The van der Waals surface area contributed by atoms with Gasteiger partial charge >= 0.3 is 0 Å². The maximum Gasteiger partial charge on any atom is 0.244 e. The van der Waals surface area contributed by atoms with E-state index in [1.807, 2.05) is 43.3 Å². The average Bonchev–Trinajstić information content (AvgIpc) is 2.79. The number of aldehydes is 1. The van der Waals surface area contributed by atoms with Gasteiger partial charge in [-0.1, -0.05) is 0 Å². The molecule has 25 heavy (non-hydrogen) atoms. The zero-order chi connectivity index (χ0) is 18.6. The van der Waals surface area contributed by atoms with Crippen LogP contribution < -0.4 is 15.5 Å². The van der Waals surface area contributed by atoms with Crippen LogP contribution in [0.25, 0.3) is 0 Å². The Balaban J connectivity index is 2.18. The number of carbonyl (C=O) groups is 3. The van der Waals surface area contributed by atoms with Crippen LogP contribution in [0.3, 0.4) is 0 Å². The number of amides is 2. The van der Waals surface area contributed by atoms with Gasteiger partial charge in [-0.05, 0) is 38.1 Å². The van der Waals surface area contributed by atoms with Crippen LogP contribution in [0.5, 0.6) is 0 Å². The van der Waals surface area contributed by atoms with E-state index >= 15 is 0 Å². The van der Waals surface area contributed by atoms with Gasteiger partial charge in [-0.3, -0.25) is 14.4 Å². The van der Waals surface area contributed by atoms with Crippen molar-refractivity contribution in [1.29, 1.82) is 0 Å². The van der Waals surface area contributed by atoms with E-state index < -0.39 is 0 Å². The van der Waals surface area contributed by atoms with E-state index in [0.29, 0.717) is 41.0 Å². The Hall–Kier alpha value is -3.09. The number of nitrogens with one attached hydrogen (secondary N) is 2. The fourth-order valence-electron chi connectivity index (χ4n) is 2.73. The quantitative estimate of drug-likeness (QED) is 0.756. The minimum Gasteiger partial charge on any atom is -0.378 e. The molecule has 0 aliphatic carbocycles. The van der Waals surface area contributed by atoms with Gasteiger partial charge in [-0.25, -0.2) is 0 Å². The van der Waals surface area contributed by atoms with Crippen molar-refractivity contribution in [2.75, 3.05) is 29.6 Å². The summed E-state index contributed by atoms with van der Waals surface area (Å²) in [6.45, 7) is 3.47. The van der Waals surface area contributed by atoms with E-state index in [9.17, 15) is 14.4 Å². The van der Waals surface area contributed by atoms with E-state index in [-0.39, 0.29) is 12.5 Å². The number of aromatic nitrogens is 1. The number of anilines is 3. The van der Waals surface area contributed by atoms with Crippen LogP contribution in [0.2, 0.25) is 0 Å². The molecule has 1 aromatic heterocycles. The molecule has 132 valence electrons. The van der Waals surface area contributed by atoms with Gasteiger partial charge in [0.25, 0.3) is 0 Å². The summed E-state index contributed by atoms with van der Waals surface area (Å²) in [4.78, 5) is 36.4. The minimum atomic E-state index is -0.253. The molecule has 2 N–H and O–H groups in total. The summed E-state index contributed by atoms with van der Waals surface area (Å²) in [6.07, 6.45) is 1.25. The molecular formula is C18H22N4O3. The third-order valence-corrected chi connectivity index (χ3v) is 4.10. The molecular weight excluding hydrogens is 320 g/mol. The summed E-state index contributed by atoms with van der Waals surface area (Å²) in [5.74, 6) is -0.253. The number of carbonyl (C=O) groups excluding carboxylic acids is 3. The molecule has 2 aromatic rings. The number of hydrogen-bond donors (Lipinski definition) is 2. The zero-order valence-electron chi connectivity index (χ0n) is 14.8. The fraction of sp³-hybridized carbons (Fsp3) is 0.278. The molecule has 7 nitrogen and oxygen atoms in total. The molecule has 0 atom stereocenters. The van der Waals surface area contributed by atoms with Gasteiger partial charge in [0.2, 0.25) is 12.3 Å². The fourth-order valence-corrected chi connectivity index (χ4v) is 2.73. The first kappa shape index (κ1) is 18.3. The molecule has 0 fully saturated rings. The second kappa shape index (κ2) is 7.65. The Labute approximate surface area is 146 Å². The Morgan fingerprint density at radius 3 is 2.32 bits per heavy atom. The summed E-state index contributed by atoms with van der Waals surface area (Å²) in [5.41, 5.74) is 3.94. The van der Waals surface area contributed by atoms with Gasteiger partial charge in [-0.15, -0.1) is 0 Å². The van der Waals surface area contributed by atoms with Crippen molar-refractivity contribution in [2.24, 2.45) is 0 Å². The summed E-state index contributed by atoms with van der Waals surface area (Å²) >= 11 is 0. The van der Waals surface area contributed by atoms with E-state index in [4.69, 9.17) is 0 Å². The topological polar surface area (TPSA) is 83.4 Å². The van der Waals surface area contributed by atoms with Crippen molar-refractivity contribution >= 4 is 35.7 Å². The van der Waals surface area contributed by atoms with Crippen LogP contribution >= 0.6 is 0 Å². The highest BCUT2D eigenvalue weighted by Gasteiger charge is 2.18. The SMILES string of the molecule is Cc1c(NC=O)c(C)n(CC(=O)Nc2ccc(N(C)C)cc2)c1C=O. The summed E-state index contributed by atoms with van der Waals surface area (Å²) in [6, 6.07) is 7.45. The standard InChI is InChI=1S/C18H22N4O3/c1-12-16(10-23)22(13(2)18(12)19-11-24)9-17(25)20-14-5-7-15(8-6-14)21(3)4/h5-8,10-11H,9H2,1-4H3,(H,19,24)(H,20,25). The number of nitrogens with zero attached hydrogens (tertiary/aromatic N) is 2. The highest BCUT2D eigenvalue weighted by molar-refractivity contribution is 5.92. The molecule has 0 saturated carbocycles. The molecule has 7 heteroatoms. The van der Waals surface area contributed by atoms with Gasteiger partial charge in [0.15, 0.2) is 6.29 Å². The highest BCUT2D eigenvalue weighted by atomic mass is 16.2. The van der Waals surface area contributed by atoms with E-state index in [0.717, 1.165) is 5.69 Å². The molecule has 1 aromatic carbocycles. The molecule has 0 aliphatic rings. The van der Waals surface area contributed by atoms with Gasteiger partial charge in [-0.2, -0.15) is 0 Å². The van der Waals surface area contributed by atoms with Crippen molar-refractivity contribution in [3.05, 3.63) is 41.2 Å². The number of hydrogen-bond acceptors (Lipinski definition) is 4. The molecule has 0 saturated heterocycles. The van der Waals surface area contributed by atoms with Gasteiger partial charge < -0.3 is 20.1 Å². The first-order valence-electron chi connectivity index (χ1n) is 7.81. The second-order valence-corrected chi connectivity index (χ2v) is 5.93. The lowest BCUT2D eigenvalue weighted by atomic mass is 10.2. The van der Waals surface area contributed by atoms with Crippen molar-refractivity contribution in [3.8, 4) is 0 Å². The molecule has 0 unspecified atom stereocenters. The van der Waals surface area contributed by atoms with Gasteiger partial charge in [0.05, 0.1) is 11.4 Å². The molecule has 0 bridgehead atoms. The minimum absolute atomic E-state index is 0.0171. The lowest BCUT2D eigenvalue weighted by molar-refractivity contribution is -0.116. The van der Waals surface area contributed by atoms with Crippen molar-refractivity contribution in [1.82, 2.24) is 4.57 Å². The average molecular weight is 342 g/mol. The molecule has 0 radical (unpaired) electrons. The summed E-state index contributed by atoms with van der Waals surface area (Å²) in [7, 11) is 3.88. The Bertz CT molecular complexity index is 792. The van der Waals surface area contributed by atoms with Crippen molar-refractivity contribution < 1.29 is 14.4 Å². The van der Waals surface area contributed by atoms with Crippen LogP contribution in [0, 0.1) is 13.8 Å². The van der Waals surface area contributed by atoms with Crippen molar-refractivity contribution in [2.45, 2.75) is 20.4 Å². The number of rotatable bonds is 7. The van der Waals surface area contributed by atoms with Crippen LogP contribution in [-0.2, 0) is 16.1 Å². The monoisotopic (exact) mass is 342 g/mol. The number of benzene rings is 1. The molecule has 0 spiro atoms. The van der Waals surface area contributed by atoms with E-state index in [1.54, 1.807) is 18.4 Å². The molecule has 2 rings (SSSR count). The van der Waals surface area contributed by atoms with E-state index in [2.05, 4.69) is 10.6 Å². The van der Waals surface area contributed by atoms with Gasteiger partial charge in [0, 0.05) is 36.7 Å². The normalized spacial score (nSPS) is 10.2. The van der Waals surface area contributed by atoms with Gasteiger partial charge in [0.1, 0.15) is 6.54 Å². The van der Waals surface area contributed by atoms with Crippen LogP contribution in [0.1, 0.15) is 21.7 Å². The third-order valence-electron chi connectivity index (χ3n) is 4.10. The highest BCUT2D eigenvalue weighted by Crippen LogP contribution is 2.26. The first-order valence-corrected chi connectivity index (χ1v) is 7.81. The van der Waals surface area contributed by atoms with Crippen LogP contribution in [-0.4, -0.2) is 37.3 Å². The van der Waals surface area contributed by atoms with Crippen LogP contribution in [0.4, 0.5) is 17.1 Å². The Morgan fingerprint density at radius 1 is 1.16 bits per heavy atom. The predicted molar refractivity (Wildman–Crippen MR) is 98.4 cm³/mol. The molecule has 2 amide bonds. The van der Waals surface area contributed by atoms with E-state index in [1.165, 1.54) is 0 Å². The molecule has 0 aliphatic heterocycles. The summed E-state index contributed by atoms with van der Waals surface area (Å²) in [5, 5.41) is 5.39. The smallest absolute Gasteiger partial charge is 0.244 e. The summed E-state index contributed by atoms with van der Waals surface area (Å²) < 4.78 is 1.59. The predicted octanol–water partition coefficient (Wildman–Crippen LogP) is 2.19. The Kier molecular flexibility index (Phi) is 5.59. The maximum absolute atomic E-state index is 12.4. The van der Waals surface area contributed by atoms with Crippen LogP contribution in [0.15, 0.2) is 24.3 Å². The zero-order valence-corrected chi connectivity index (χ0v) is 14.8. The largest absolute Gasteiger partial charge is 0.378 e. The third kappa shape index (κ3) is 3.88. The maximum atomic E-state index is 12.4. The lowest BCUT2D eigenvalue weighted by Crippen LogP contribution is -2.21. The molecule has 1 heterocycles. The van der Waals surface area contributed by atoms with Crippen molar-refractivity contribution in [3.63, 3.8) is 0 Å². The Morgan fingerprint density at radius 2 is 1.80 bits per heavy atom. The lowest BCUT2D eigenvalue weighted by Gasteiger charge is -2.13. The first-order chi connectivity index (χ1) is 11.9.